The summed E-state index contributed by atoms with van der Waals surface area (Å²) in [6.07, 6.45) is 0. The van der Waals surface area contributed by atoms with E-state index >= 15 is 0 Å². The first kappa shape index (κ1) is 13.8. The van der Waals surface area contributed by atoms with Crippen molar-refractivity contribution in [2.45, 2.75) is 12.0 Å². The molecule has 2 aromatic carbocycles. The summed E-state index contributed by atoms with van der Waals surface area (Å²) in [4.78, 5) is 11.4. The van der Waals surface area contributed by atoms with Gasteiger partial charge in [-0.1, -0.05) is 60.7 Å². The van der Waals surface area contributed by atoms with Crippen LogP contribution in [0.3, 0.4) is 0 Å². The van der Waals surface area contributed by atoms with Crippen LogP contribution >= 0.6 is 16.1 Å². The van der Waals surface area contributed by atoms with Crippen LogP contribution in [-0.2, 0) is 4.79 Å². The van der Waals surface area contributed by atoms with E-state index in [0.29, 0.717) is 0 Å². The molecule has 0 aliphatic carbocycles. The van der Waals surface area contributed by atoms with E-state index in [0.717, 1.165) is 11.1 Å². The Balaban J connectivity index is 2.48. The van der Waals surface area contributed by atoms with Gasteiger partial charge in [-0.25, -0.2) is 4.34 Å². The van der Waals surface area contributed by atoms with Gasteiger partial charge in [0.2, 0.25) is 0 Å². The second-order valence-corrected chi connectivity index (χ2v) is 4.68. The number of carboxylic acids is 1. The first-order valence-electron chi connectivity index (χ1n) is 5.93. The van der Waals surface area contributed by atoms with Crippen LogP contribution in [0, 0.1) is 0 Å². The third kappa shape index (κ3) is 3.22. The number of hydrogen-bond acceptors (Lipinski definition) is 2. The molecule has 0 aromatic heterocycles. The molecule has 0 unspecified atom stereocenters. The monoisotopic (exact) mass is 319 g/mol. The van der Waals surface area contributed by atoms with Crippen molar-refractivity contribution in [1.29, 1.82) is 0 Å². The van der Waals surface area contributed by atoms with Gasteiger partial charge < -0.3 is 5.11 Å². The molecular formula is C15H14BrNO2. The zero-order chi connectivity index (χ0) is 13.7. The highest BCUT2D eigenvalue weighted by Gasteiger charge is 2.29. The highest BCUT2D eigenvalue weighted by atomic mass is 79.9. The quantitative estimate of drug-likeness (QED) is 0.832. The summed E-state index contributed by atoms with van der Waals surface area (Å²) >= 11 is 3.08. The van der Waals surface area contributed by atoms with Crippen molar-refractivity contribution in [3.05, 3.63) is 71.8 Å². The molecule has 0 fully saturated rings. The van der Waals surface area contributed by atoms with E-state index in [1.165, 1.54) is 0 Å². The Morgan fingerprint density at radius 3 is 1.68 bits per heavy atom. The molecule has 19 heavy (non-hydrogen) atoms. The Labute approximate surface area is 120 Å². The third-order valence-electron chi connectivity index (χ3n) is 3.03. The highest BCUT2D eigenvalue weighted by molar-refractivity contribution is 9.08. The van der Waals surface area contributed by atoms with Gasteiger partial charge in [0.15, 0.2) is 0 Å². The van der Waals surface area contributed by atoms with Crippen molar-refractivity contribution in [1.82, 2.24) is 4.34 Å². The lowest BCUT2D eigenvalue weighted by Gasteiger charge is -2.23. The molecule has 2 rings (SSSR count). The van der Waals surface area contributed by atoms with Gasteiger partial charge in [0.05, 0.1) is 0 Å². The topological polar surface area (TPSA) is 49.3 Å². The average molecular weight is 320 g/mol. The summed E-state index contributed by atoms with van der Waals surface area (Å²) < 4.78 is 2.71. The Morgan fingerprint density at radius 2 is 1.37 bits per heavy atom. The van der Waals surface area contributed by atoms with E-state index in [-0.39, 0.29) is 5.92 Å². The van der Waals surface area contributed by atoms with Crippen LogP contribution < -0.4 is 4.34 Å². The Bertz CT molecular complexity index is 491. The predicted molar refractivity (Wildman–Crippen MR) is 78.2 cm³/mol. The summed E-state index contributed by atoms with van der Waals surface area (Å²) in [5.74, 6) is -1.14. The lowest BCUT2D eigenvalue weighted by molar-refractivity contribution is -0.139. The van der Waals surface area contributed by atoms with Gasteiger partial charge in [0.25, 0.3) is 0 Å². The van der Waals surface area contributed by atoms with Gasteiger partial charge in [0, 0.05) is 22.1 Å². The molecular weight excluding hydrogens is 306 g/mol. The van der Waals surface area contributed by atoms with E-state index in [1.54, 1.807) is 0 Å². The zero-order valence-corrected chi connectivity index (χ0v) is 11.7. The average Bonchev–Trinajstić information content (AvgIpc) is 2.46. The number of carboxylic acid groups (broad SMARTS) is 1. The lowest BCUT2D eigenvalue weighted by atomic mass is 9.85. The number of aliphatic carboxylic acids is 1. The molecule has 0 saturated carbocycles. The van der Waals surface area contributed by atoms with Gasteiger partial charge >= 0.3 is 5.97 Å². The standard InChI is InChI=1S/C15H14BrNO2/c16-17-14(15(18)19)13(11-7-3-1-4-8-11)12-9-5-2-6-10-12/h1-10,13-14,17H,(H,18,19)/t14-/m0/s1. The van der Waals surface area contributed by atoms with Crippen LogP contribution in [0.15, 0.2) is 60.7 Å². The number of rotatable bonds is 5. The van der Waals surface area contributed by atoms with E-state index < -0.39 is 12.0 Å². The van der Waals surface area contributed by atoms with Crippen LogP contribution in [0.5, 0.6) is 0 Å². The second kappa shape index (κ2) is 6.50. The third-order valence-corrected chi connectivity index (χ3v) is 3.53. The lowest BCUT2D eigenvalue weighted by Crippen LogP contribution is -2.37. The Kier molecular flexibility index (Phi) is 4.71. The van der Waals surface area contributed by atoms with Crippen molar-refractivity contribution >= 4 is 22.1 Å². The predicted octanol–water partition coefficient (Wildman–Crippen LogP) is 3.17. The van der Waals surface area contributed by atoms with Crippen LogP contribution in [-0.4, -0.2) is 17.1 Å². The van der Waals surface area contributed by atoms with E-state index in [2.05, 4.69) is 20.5 Å². The minimum Gasteiger partial charge on any atom is -0.480 e. The Morgan fingerprint density at radius 1 is 0.947 bits per heavy atom. The largest absolute Gasteiger partial charge is 0.480 e. The molecule has 0 heterocycles. The maximum atomic E-state index is 11.4. The van der Waals surface area contributed by atoms with Crippen LogP contribution in [0.2, 0.25) is 0 Å². The molecule has 2 N–H and O–H groups in total. The maximum Gasteiger partial charge on any atom is 0.322 e. The first-order valence-corrected chi connectivity index (χ1v) is 6.72. The number of carbonyl (C=O) groups is 1. The molecule has 0 aliphatic heterocycles. The van der Waals surface area contributed by atoms with E-state index in [1.807, 2.05) is 60.7 Å². The van der Waals surface area contributed by atoms with Gasteiger partial charge in [-0.15, -0.1) is 0 Å². The molecule has 0 saturated heterocycles. The SMILES string of the molecule is O=C(O)[C@@H](NBr)C(c1ccccc1)c1ccccc1. The molecule has 2 aromatic rings. The van der Waals surface area contributed by atoms with Crippen LogP contribution in [0.4, 0.5) is 0 Å². The Hall–Kier alpha value is -1.65. The van der Waals surface area contributed by atoms with Gasteiger partial charge in [-0.05, 0) is 11.1 Å². The minimum absolute atomic E-state index is 0.251. The van der Waals surface area contributed by atoms with E-state index in [9.17, 15) is 9.90 Å². The summed E-state index contributed by atoms with van der Waals surface area (Å²) in [5, 5.41) is 9.37. The molecule has 0 spiro atoms. The fourth-order valence-electron chi connectivity index (χ4n) is 2.15. The second-order valence-electron chi connectivity index (χ2n) is 4.22. The van der Waals surface area contributed by atoms with E-state index in [4.69, 9.17) is 0 Å². The van der Waals surface area contributed by atoms with Crippen molar-refractivity contribution in [3.8, 4) is 0 Å². The normalized spacial score (nSPS) is 12.3. The first-order chi connectivity index (χ1) is 9.24. The number of nitrogens with one attached hydrogen (secondary N) is 1. The summed E-state index contributed by atoms with van der Waals surface area (Å²) in [6, 6.07) is 18.5. The maximum absolute atomic E-state index is 11.4. The summed E-state index contributed by atoms with van der Waals surface area (Å²) in [5.41, 5.74) is 1.93. The molecule has 3 nitrogen and oxygen atoms in total. The molecule has 1 atom stereocenters. The number of benzene rings is 2. The molecule has 0 aliphatic rings. The fourth-order valence-corrected chi connectivity index (χ4v) is 2.61. The molecule has 98 valence electrons. The van der Waals surface area contributed by atoms with Crippen LogP contribution in [0.1, 0.15) is 17.0 Å². The minimum atomic E-state index is -0.894. The number of hydrogen-bond donors (Lipinski definition) is 2. The van der Waals surface area contributed by atoms with Crippen LogP contribution in [0.25, 0.3) is 0 Å². The molecule has 0 bridgehead atoms. The van der Waals surface area contributed by atoms with Gasteiger partial charge in [-0.3, -0.25) is 4.79 Å². The van der Waals surface area contributed by atoms with Gasteiger partial charge in [-0.2, -0.15) is 0 Å². The molecule has 0 radical (unpaired) electrons. The van der Waals surface area contributed by atoms with Crippen molar-refractivity contribution < 1.29 is 9.90 Å². The zero-order valence-electron chi connectivity index (χ0n) is 10.2. The fraction of sp³-hybridized carbons (Fsp3) is 0.133. The summed E-state index contributed by atoms with van der Waals surface area (Å²) in [6.45, 7) is 0. The van der Waals surface area contributed by atoms with Crippen molar-refractivity contribution in [2.24, 2.45) is 0 Å². The van der Waals surface area contributed by atoms with Gasteiger partial charge in [0.1, 0.15) is 6.04 Å². The number of halogens is 1. The smallest absolute Gasteiger partial charge is 0.322 e. The summed E-state index contributed by atoms with van der Waals surface area (Å²) in [7, 11) is 0. The molecule has 4 heteroatoms. The highest BCUT2D eigenvalue weighted by Crippen LogP contribution is 2.28. The van der Waals surface area contributed by atoms with Crippen molar-refractivity contribution in [3.63, 3.8) is 0 Å². The molecule has 0 amide bonds. The van der Waals surface area contributed by atoms with Crippen molar-refractivity contribution in [2.75, 3.05) is 0 Å².